The standard InChI is InChI=1S/C7H7O.C6H5.Fe/c1-8-7-5-3-2-4-6-7;1-2-4-6-5-3-1;/h3-6H,1H3;1-5H;/q2*-1;+2. The van der Waals surface area contributed by atoms with Gasteiger partial charge in [-0.05, 0) is 0 Å². The van der Waals surface area contributed by atoms with Gasteiger partial charge in [0.2, 0.25) is 0 Å². The number of rotatable bonds is 1. The molecule has 2 rings (SSSR count). The average molecular weight is 240 g/mol. The van der Waals surface area contributed by atoms with Crippen LogP contribution in [0.1, 0.15) is 0 Å². The van der Waals surface area contributed by atoms with Gasteiger partial charge in [0.15, 0.2) is 0 Å². The molecular formula is C13H12FeO. The van der Waals surface area contributed by atoms with E-state index in [1.807, 2.05) is 54.6 Å². The van der Waals surface area contributed by atoms with Crippen molar-refractivity contribution >= 4 is 0 Å². The van der Waals surface area contributed by atoms with E-state index in [2.05, 4.69) is 12.1 Å². The first-order valence-corrected chi connectivity index (χ1v) is 4.34. The Bertz CT molecular complexity index is 294. The minimum Gasteiger partial charge on any atom is -0.522 e. The van der Waals surface area contributed by atoms with E-state index in [0.717, 1.165) is 5.75 Å². The number of ether oxygens (including phenoxy) is 1. The quantitative estimate of drug-likeness (QED) is 0.550. The van der Waals surface area contributed by atoms with Crippen molar-refractivity contribution in [2.75, 3.05) is 7.11 Å². The molecule has 0 bridgehead atoms. The topological polar surface area (TPSA) is 9.23 Å². The Morgan fingerprint density at radius 1 is 0.867 bits per heavy atom. The molecule has 0 aliphatic rings. The third-order valence-electron chi connectivity index (χ3n) is 1.53. The van der Waals surface area contributed by atoms with Gasteiger partial charge in [-0.1, -0.05) is 0 Å². The molecule has 2 heteroatoms. The maximum atomic E-state index is 4.89. The second-order valence-electron chi connectivity index (χ2n) is 2.52. The summed E-state index contributed by atoms with van der Waals surface area (Å²) in [4.78, 5) is 0. The molecule has 0 N–H and O–H groups in total. The Hall–Kier alpha value is -1.24. The van der Waals surface area contributed by atoms with Gasteiger partial charge in [0, 0.05) is 5.75 Å². The van der Waals surface area contributed by atoms with Crippen LogP contribution in [0.3, 0.4) is 0 Å². The first kappa shape index (κ1) is 13.8. The summed E-state index contributed by atoms with van der Waals surface area (Å²) < 4.78 is 4.89. The molecule has 0 saturated carbocycles. The molecule has 0 radical (unpaired) electrons. The first-order chi connectivity index (χ1) is 6.93. The van der Waals surface area contributed by atoms with Crippen LogP contribution >= 0.6 is 0 Å². The average Bonchev–Trinajstić information content (AvgIpc) is 2.33. The molecule has 0 aliphatic carbocycles. The zero-order chi connectivity index (χ0) is 10.1. The van der Waals surface area contributed by atoms with Gasteiger partial charge in [-0.3, -0.25) is 0 Å². The molecule has 0 aliphatic heterocycles. The zero-order valence-electron chi connectivity index (χ0n) is 8.46. The SMILES string of the molecule is COc1cc[c-]cc1.[Fe+2].[c-]1ccccc1. The predicted octanol–water partition coefficient (Wildman–Crippen LogP) is 2.98. The minimum atomic E-state index is 0. The number of hydrogen-bond donors (Lipinski definition) is 0. The van der Waals surface area contributed by atoms with Crippen molar-refractivity contribution in [2.45, 2.75) is 0 Å². The van der Waals surface area contributed by atoms with Gasteiger partial charge in [0.05, 0.1) is 7.11 Å². The van der Waals surface area contributed by atoms with Gasteiger partial charge in [-0.2, -0.15) is 54.6 Å². The number of methoxy groups -OCH3 is 1. The molecule has 2 aromatic carbocycles. The fraction of sp³-hybridized carbons (Fsp3) is 0.0769. The van der Waals surface area contributed by atoms with Crippen molar-refractivity contribution < 1.29 is 21.8 Å². The fourth-order valence-electron chi connectivity index (χ4n) is 0.850. The largest absolute Gasteiger partial charge is 2.00 e. The smallest absolute Gasteiger partial charge is 0.522 e. The minimum absolute atomic E-state index is 0. The van der Waals surface area contributed by atoms with Crippen molar-refractivity contribution in [3.05, 3.63) is 66.7 Å². The van der Waals surface area contributed by atoms with Crippen molar-refractivity contribution in [3.63, 3.8) is 0 Å². The van der Waals surface area contributed by atoms with Crippen molar-refractivity contribution in [1.82, 2.24) is 0 Å². The summed E-state index contributed by atoms with van der Waals surface area (Å²) in [5.74, 6) is 0.878. The van der Waals surface area contributed by atoms with Gasteiger partial charge < -0.3 is 4.74 Å². The molecule has 0 atom stereocenters. The van der Waals surface area contributed by atoms with Crippen LogP contribution in [0.4, 0.5) is 0 Å². The van der Waals surface area contributed by atoms with Crippen LogP contribution in [0, 0.1) is 12.1 Å². The van der Waals surface area contributed by atoms with E-state index >= 15 is 0 Å². The molecule has 2 aromatic rings. The first-order valence-electron chi connectivity index (χ1n) is 4.34. The van der Waals surface area contributed by atoms with Crippen LogP contribution in [0.15, 0.2) is 54.6 Å². The zero-order valence-corrected chi connectivity index (χ0v) is 9.56. The van der Waals surface area contributed by atoms with Gasteiger partial charge in [0.1, 0.15) is 0 Å². The third kappa shape index (κ3) is 6.78. The second-order valence-corrected chi connectivity index (χ2v) is 2.52. The van der Waals surface area contributed by atoms with E-state index < -0.39 is 0 Å². The van der Waals surface area contributed by atoms with Crippen LogP contribution < -0.4 is 4.74 Å². The Morgan fingerprint density at radius 3 is 1.67 bits per heavy atom. The Balaban J connectivity index is 0.000000253. The molecule has 0 amide bonds. The summed E-state index contributed by atoms with van der Waals surface area (Å²) in [5.41, 5.74) is 0. The maximum absolute atomic E-state index is 4.89. The van der Waals surface area contributed by atoms with Crippen LogP contribution in [0.25, 0.3) is 0 Å². The Kier molecular flexibility index (Phi) is 8.55. The van der Waals surface area contributed by atoms with E-state index in [4.69, 9.17) is 4.74 Å². The molecular weight excluding hydrogens is 228 g/mol. The van der Waals surface area contributed by atoms with Gasteiger partial charge in [-0.25, -0.2) is 0 Å². The van der Waals surface area contributed by atoms with Gasteiger partial charge in [0.25, 0.3) is 0 Å². The number of benzene rings is 2. The third-order valence-corrected chi connectivity index (χ3v) is 1.53. The molecule has 0 heterocycles. The summed E-state index contributed by atoms with van der Waals surface area (Å²) in [6.07, 6.45) is 0. The summed E-state index contributed by atoms with van der Waals surface area (Å²) in [5, 5.41) is 0. The van der Waals surface area contributed by atoms with E-state index in [1.165, 1.54) is 0 Å². The second kappa shape index (κ2) is 9.32. The Labute approximate surface area is 102 Å². The molecule has 0 aromatic heterocycles. The summed E-state index contributed by atoms with van der Waals surface area (Å²) in [6, 6.07) is 22.7. The summed E-state index contributed by atoms with van der Waals surface area (Å²) in [6.45, 7) is 0. The molecule has 0 unspecified atom stereocenters. The molecule has 0 spiro atoms. The fourth-order valence-corrected chi connectivity index (χ4v) is 0.850. The van der Waals surface area contributed by atoms with Crippen molar-refractivity contribution in [2.24, 2.45) is 0 Å². The summed E-state index contributed by atoms with van der Waals surface area (Å²) in [7, 11) is 1.65. The summed E-state index contributed by atoms with van der Waals surface area (Å²) >= 11 is 0. The van der Waals surface area contributed by atoms with Gasteiger partial charge >= 0.3 is 17.1 Å². The predicted molar refractivity (Wildman–Crippen MR) is 57.1 cm³/mol. The van der Waals surface area contributed by atoms with Crippen molar-refractivity contribution in [1.29, 1.82) is 0 Å². The monoisotopic (exact) mass is 240 g/mol. The van der Waals surface area contributed by atoms with Crippen LogP contribution in [-0.2, 0) is 17.1 Å². The normalized spacial score (nSPS) is 7.80. The molecule has 0 saturated heterocycles. The molecule has 78 valence electrons. The van der Waals surface area contributed by atoms with Gasteiger partial charge in [-0.15, -0.1) is 12.1 Å². The van der Waals surface area contributed by atoms with E-state index in [0.29, 0.717) is 0 Å². The Morgan fingerprint density at radius 2 is 1.40 bits per heavy atom. The van der Waals surface area contributed by atoms with Crippen LogP contribution in [-0.4, -0.2) is 7.11 Å². The maximum Gasteiger partial charge on any atom is 2.00 e. The van der Waals surface area contributed by atoms with Crippen molar-refractivity contribution in [3.8, 4) is 5.75 Å². The van der Waals surface area contributed by atoms with Crippen LogP contribution in [0.2, 0.25) is 0 Å². The van der Waals surface area contributed by atoms with E-state index in [9.17, 15) is 0 Å². The molecule has 0 fully saturated rings. The van der Waals surface area contributed by atoms with Crippen LogP contribution in [0.5, 0.6) is 5.75 Å². The molecule has 1 nitrogen and oxygen atoms in total. The number of hydrogen-bond acceptors (Lipinski definition) is 1. The molecule has 15 heavy (non-hydrogen) atoms. The van der Waals surface area contributed by atoms with E-state index in [-0.39, 0.29) is 17.1 Å². The van der Waals surface area contributed by atoms with E-state index in [1.54, 1.807) is 7.11 Å².